The molecule has 242 valence electrons. The van der Waals surface area contributed by atoms with Gasteiger partial charge in [0.25, 0.3) is 5.91 Å². The first-order chi connectivity index (χ1) is 20.7. The number of carbonyl (C=O) groups is 4. The van der Waals surface area contributed by atoms with Gasteiger partial charge < -0.3 is 25.4 Å². The number of hydrogen-bond donors (Lipinski definition) is 4. The van der Waals surface area contributed by atoms with E-state index in [0.717, 1.165) is 55.5 Å². The summed E-state index contributed by atoms with van der Waals surface area (Å²) in [5, 5.41) is 11.2. The van der Waals surface area contributed by atoms with Crippen molar-refractivity contribution >= 4 is 42.2 Å². The smallest absolute Gasteiger partial charge is 0.407 e. The summed E-state index contributed by atoms with van der Waals surface area (Å²) in [6.45, 7) is 5.17. The molecule has 1 aromatic carbocycles. The number of hydrogen-bond acceptors (Lipinski definition) is 8. The Morgan fingerprint density at radius 2 is 1.68 bits per heavy atom. The lowest BCUT2D eigenvalue weighted by molar-refractivity contribution is -0.149. The van der Waals surface area contributed by atoms with E-state index in [0.29, 0.717) is 31.1 Å². The second-order valence-corrected chi connectivity index (χ2v) is 13.1. The Bertz CT molecular complexity index is 1180. The number of halogens is 1. The minimum absolute atomic E-state index is 0. The third kappa shape index (κ3) is 9.09. The van der Waals surface area contributed by atoms with Crippen molar-refractivity contribution in [3.8, 4) is 0 Å². The topological polar surface area (TPSA) is 147 Å². The molecule has 4 saturated carbocycles. The molecule has 0 aromatic heterocycles. The van der Waals surface area contributed by atoms with Crippen LogP contribution in [0.2, 0.25) is 0 Å². The third-order valence-electron chi connectivity index (χ3n) is 9.08. The Hall–Kier alpha value is -3.34. The molecule has 44 heavy (non-hydrogen) atoms. The van der Waals surface area contributed by atoms with Gasteiger partial charge in [-0.1, -0.05) is 12.1 Å². The van der Waals surface area contributed by atoms with Crippen molar-refractivity contribution < 1.29 is 28.7 Å². The molecule has 4 aliphatic carbocycles. The predicted octanol–water partition coefficient (Wildman–Crippen LogP) is 3.50. The summed E-state index contributed by atoms with van der Waals surface area (Å²) in [5.41, 5.74) is 1.37. The maximum Gasteiger partial charge on any atom is 0.407 e. The van der Waals surface area contributed by atoms with Gasteiger partial charge in [-0.25, -0.2) is 9.59 Å². The molecule has 0 unspecified atom stereocenters. The number of alkyl carbamates (subject to hydrolysis) is 1. The van der Waals surface area contributed by atoms with Gasteiger partial charge in [0.15, 0.2) is 5.96 Å². The molecule has 6 rings (SSSR count). The van der Waals surface area contributed by atoms with Crippen molar-refractivity contribution in [3.05, 3.63) is 35.4 Å². The average molecular weight is 632 g/mol. The highest BCUT2D eigenvalue weighted by molar-refractivity contribution is 5.97. The fraction of sp³-hybridized carbons (Fsp3) is 0.656. The molecule has 0 spiro atoms. The molecular formula is C32H46ClN5O6. The lowest BCUT2D eigenvalue weighted by Gasteiger charge is -2.56. The lowest BCUT2D eigenvalue weighted by Crippen LogP contribution is -2.51. The van der Waals surface area contributed by atoms with Gasteiger partial charge in [0.2, 0.25) is 5.91 Å². The third-order valence-corrected chi connectivity index (χ3v) is 9.08. The molecule has 0 saturated heterocycles. The highest BCUT2D eigenvalue weighted by Gasteiger charge is 2.51. The summed E-state index contributed by atoms with van der Waals surface area (Å²) in [6, 6.07) is 5.84. The van der Waals surface area contributed by atoms with Crippen LogP contribution in [0.5, 0.6) is 0 Å². The van der Waals surface area contributed by atoms with Gasteiger partial charge in [-0.15, -0.1) is 12.4 Å². The fourth-order valence-electron chi connectivity index (χ4n) is 7.57. The summed E-state index contributed by atoms with van der Waals surface area (Å²) in [7, 11) is 0. The van der Waals surface area contributed by atoms with Crippen LogP contribution in [0.25, 0.3) is 0 Å². The number of carbonyl (C=O) groups excluding carboxylic acids is 4. The van der Waals surface area contributed by atoms with E-state index in [1.165, 1.54) is 19.3 Å². The molecule has 12 heteroatoms. The van der Waals surface area contributed by atoms with Gasteiger partial charge >= 0.3 is 12.1 Å². The number of ether oxygens (including phenoxy) is 2. The highest BCUT2D eigenvalue weighted by atomic mass is 35.5. The van der Waals surface area contributed by atoms with Crippen LogP contribution < -0.4 is 21.3 Å². The van der Waals surface area contributed by atoms with Gasteiger partial charge in [0, 0.05) is 37.0 Å². The van der Waals surface area contributed by atoms with E-state index in [1.54, 1.807) is 38.1 Å². The quantitative estimate of drug-likeness (QED) is 0.273. The van der Waals surface area contributed by atoms with Crippen molar-refractivity contribution in [2.75, 3.05) is 26.2 Å². The summed E-state index contributed by atoms with van der Waals surface area (Å²) < 4.78 is 11.0. The molecule has 1 aliphatic heterocycles. The zero-order valence-electron chi connectivity index (χ0n) is 25.7. The largest absolute Gasteiger partial charge is 0.461 e. The van der Waals surface area contributed by atoms with E-state index in [2.05, 4.69) is 26.3 Å². The molecule has 11 nitrogen and oxygen atoms in total. The summed E-state index contributed by atoms with van der Waals surface area (Å²) in [6.07, 6.45) is 7.96. The molecule has 1 aromatic rings. The fourth-order valence-corrected chi connectivity index (χ4v) is 7.57. The Morgan fingerprint density at radius 3 is 2.27 bits per heavy atom. The summed E-state index contributed by atoms with van der Waals surface area (Å²) in [5.74, 6) is 1.60. The van der Waals surface area contributed by atoms with E-state index in [1.807, 2.05) is 0 Å². The van der Waals surface area contributed by atoms with Gasteiger partial charge in [-0.3, -0.25) is 19.9 Å². The van der Waals surface area contributed by atoms with E-state index in [4.69, 9.17) is 9.47 Å². The standard InChI is InChI=1S/C32H45N5O6.ClH/c1-20(2)43-29(40)26(36-31(41)42-19-32-15-22-12-23(16-32)14-24(13-22)17-32)18-35-28(39)25-7-4-21(5-8-25)6-9-27(38)37-30-33-10-3-11-34-30;/h4-5,7-8,20,22-24,26H,3,6,9-19H2,1-2H3,(H,35,39)(H,36,41)(H2,33,34,37,38);1H/t22?,23?,24?,26-,32?;/m0./s1. The number of benzene rings is 1. The van der Waals surface area contributed by atoms with Crippen LogP contribution in [-0.2, 0) is 25.5 Å². The number of guanidine groups is 1. The normalized spacial score (nSPS) is 25.5. The van der Waals surface area contributed by atoms with Crippen LogP contribution in [0.4, 0.5) is 4.79 Å². The van der Waals surface area contributed by atoms with Gasteiger partial charge in [0.05, 0.1) is 12.7 Å². The number of nitrogens with zero attached hydrogens (tertiary/aromatic N) is 1. The first-order valence-electron chi connectivity index (χ1n) is 15.8. The van der Waals surface area contributed by atoms with Crippen LogP contribution in [0.15, 0.2) is 29.3 Å². The molecule has 4 fully saturated rings. The van der Waals surface area contributed by atoms with Gasteiger partial charge in [-0.05, 0) is 101 Å². The molecule has 0 radical (unpaired) electrons. The van der Waals surface area contributed by atoms with Crippen molar-refractivity contribution in [2.24, 2.45) is 28.2 Å². The Balaban J connectivity index is 0.00000442. The van der Waals surface area contributed by atoms with Gasteiger partial charge in [-0.2, -0.15) is 0 Å². The zero-order chi connectivity index (χ0) is 30.4. The second kappa shape index (κ2) is 15.1. The van der Waals surface area contributed by atoms with E-state index >= 15 is 0 Å². The summed E-state index contributed by atoms with van der Waals surface area (Å²) >= 11 is 0. The molecule has 5 aliphatic rings. The highest BCUT2D eigenvalue weighted by Crippen LogP contribution is 2.60. The molecule has 4 bridgehead atoms. The number of amides is 3. The van der Waals surface area contributed by atoms with Crippen LogP contribution in [0.1, 0.15) is 81.1 Å². The first kappa shape index (κ1) is 33.6. The first-order valence-corrected chi connectivity index (χ1v) is 15.8. The lowest BCUT2D eigenvalue weighted by atomic mass is 9.50. The Kier molecular flexibility index (Phi) is 11.5. The van der Waals surface area contributed by atoms with Crippen molar-refractivity contribution in [3.63, 3.8) is 0 Å². The predicted molar refractivity (Wildman–Crippen MR) is 168 cm³/mol. The van der Waals surface area contributed by atoms with E-state index in [-0.39, 0.29) is 42.8 Å². The van der Waals surface area contributed by atoms with Crippen molar-refractivity contribution in [1.29, 1.82) is 0 Å². The minimum Gasteiger partial charge on any atom is -0.461 e. The zero-order valence-corrected chi connectivity index (χ0v) is 26.5. The van der Waals surface area contributed by atoms with Crippen LogP contribution in [0, 0.1) is 23.2 Å². The number of nitrogens with one attached hydrogen (secondary N) is 4. The van der Waals surface area contributed by atoms with Crippen LogP contribution in [0.3, 0.4) is 0 Å². The maximum absolute atomic E-state index is 12.9. The number of esters is 1. The molecular weight excluding hydrogens is 586 g/mol. The van der Waals surface area contributed by atoms with Crippen molar-refractivity contribution in [2.45, 2.75) is 83.8 Å². The molecule has 4 N–H and O–H groups in total. The molecule has 1 heterocycles. The SMILES string of the molecule is CC(C)OC(=O)[C@H](CNC(=O)c1ccc(CCC(=O)NC2=NCCCN2)cc1)NC(=O)OCC12CC3CC(CC(C3)C1)C2.Cl. The monoisotopic (exact) mass is 631 g/mol. The van der Waals surface area contributed by atoms with E-state index in [9.17, 15) is 19.2 Å². The molecule has 3 amide bonds. The van der Waals surface area contributed by atoms with Gasteiger partial charge in [0.1, 0.15) is 6.04 Å². The van der Waals surface area contributed by atoms with Crippen LogP contribution in [-0.4, -0.2) is 68.2 Å². The Morgan fingerprint density at radius 1 is 1.02 bits per heavy atom. The minimum atomic E-state index is -1.09. The number of aliphatic imine (C=N–C) groups is 1. The Labute approximate surface area is 265 Å². The number of aryl methyl sites for hydroxylation is 1. The van der Waals surface area contributed by atoms with E-state index < -0.39 is 24.0 Å². The van der Waals surface area contributed by atoms with Crippen molar-refractivity contribution in [1.82, 2.24) is 21.3 Å². The van der Waals surface area contributed by atoms with Crippen LogP contribution >= 0.6 is 12.4 Å². The molecule has 1 atom stereocenters. The number of rotatable bonds is 11. The maximum atomic E-state index is 12.9. The second-order valence-electron chi connectivity index (χ2n) is 13.1. The summed E-state index contributed by atoms with van der Waals surface area (Å²) in [4.78, 5) is 54.9. The average Bonchev–Trinajstić information content (AvgIpc) is 2.97.